The van der Waals surface area contributed by atoms with Crippen LogP contribution in [0.1, 0.15) is 6.92 Å². The molecule has 0 saturated heterocycles. The fraction of sp³-hybridized carbons (Fsp3) is 0.462. The number of amides is 1. The lowest BCUT2D eigenvalue weighted by atomic mass is 10.2. The number of carbonyl (C=O) groups excluding carboxylic acids is 1. The standard InChI is InChI=1S/C13H20N2O3/c1-4-15(13(16)12(14)9-17-2)10-5-7-11(18-3)8-6-10/h5-8,12H,4,9,14H2,1-3H3. The van der Waals surface area contributed by atoms with Gasteiger partial charge in [0.05, 0.1) is 13.7 Å². The SMILES string of the molecule is CCN(C(=O)C(N)COC)c1ccc(OC)cc1. The summed E-state index contributed by atoms with van der Waals surface area (Å²) in [6.07, 6.45) is 0. The smallest absolute Gasteiger partial charge is 0.246 e. The zero-order valence-electron chi connectivity index (χ0n) is 11.1. The van der Waals surface area contributed by atoms with E-state index in [1.165, 1.54) is 7.11 Å². The van der Waals surface area contributed by atoms with Crippen LogP contribution in [-0.4, -0.2) is 39.3 Å². The van der Waals surface area contributed by atoms with Crippen LogP contribution in [0.5, 0.6) is 5.75 Å². The molecule has 0 aliphatic rings. The molecule has 0 aromatic heterocycles. The minimum atomic E-state index is -0.642. The Hall–Kier alpha value is -1.59. The number of ether oxygens (including phenoxy) is 2. The van der Waals surface area contributed by atoms with Gasteiger partial charge in [0, 0.05) is 19.3 Å². The lowest BCUT2D eigenvalue weighted by Crippen LogP contribution is -2.46. The number of anilines is 1. The Morgan fingerprint density at radius 1 is 1.33 bits per heavy atom. The number of rotatable bonds is 6. The normalized spacial score (nSPS) is 12.0. The molecule has 1 aromatic carbocycles. The van der Waals surface area contributed by atoms with E-state index in [4.69, 9.17) is 15.2 Å². The number of carbonyl (C=O) groups is 1. The van der Waals surface area contributed by atoms with Crippen LogP contribution < -0.4 is 15.4 Å². The quantitative estimate of drug-likeness (QED) is 0.821. The van der Waals surface area contributed by atoms with Gasteiger partial charge < -0.3 is 20.1 Å². The first kappa shape index (κ1) is 14.5. The summed E-state index contributed by atoms with van der Waals surface area (Å²) in [6.45, 7) is 2.68. The van der Waals surface area contributed by atoms with Gasteiger partial charge in [-0.2, -0.15) is 0 Å². The highest BCUT2D eigenvalue weighted by atomic mass is 16.5. The highest BCUT2D eigenvalue weighted by molar-refractivity contribution is 5.97. The van der Waals surface area contributed by atoms with Crippen LogP contribution in [0.25, 0.3) is 0 Å². The Morgan fingerprint density at radius 3 is 2.39 bits per heavy atom. The summed E-state index contributed by atoms with van der Waals surface area (Å²) in [5.41, 5.74) is 6.56. The van der Waals surface area contributed by atoms with Gasteiger partial charge in [0.15, 0.2) is 0 Å². The first-order valence-electron chi connectivity index (χ1n) is 5.84. The van der Waals surface area contributed by atoms with Gasteiger partial charge in [0.2, 0.25) is 5.91 Å². The topological polar surface area (TPSA) is 64.8 Å². The van der Waals surface area contributed by atoms with Crippen molar-refractivity contribution in [3.05, 3.63) is 24.3 Å². The molecule has 18 heavy (non-hydrogen) atoms. The van der Waals surface area contributed by atoms with Crippen molar-refractivity contribution < 1.29 is 14.3 Å². The van der Waals surface area contributed by atoms with Crippen LogP contribution in [0.15, 0.2) is 24.3 Å². The molecule has 1 unspecified atom stereocenters. The van der Waals surface area contributed by atoms with Crippen molar-refractivity contribution in [3.63, 3.8) is 0 Å². The molecular weight excluding hydrogens is 232 g/mol. The molecule has 0 radical (unpaired) electrons. The molecule has 0 aliphatic heterocycles. The Kier molecular flexibility index (Phi) is 5.61. The molecule has 1 atom stereocenters. The highest BCUT2D eigenvalue weighted by Gasteiger charge is 2.20. The lowest BCUT2D eigenvalue weighted by molar-refractivity contribution is -0.120. The Balaban J connectivity index is 2.84. The monoisotopic (exact) mass is 252 g/mol. The van der Waals surface area contributed by atoms with Crippen LogP contribution in [-0.2, 0) is 9.53 Å². The van der Waals surface area contributed by atoms with Gasteiger partial charge in [0.1, 0.15) is 11.8 Å². The summed E-state index contributed by atoms with van der Waals surface area (Å²) in [5.74, 6) is 0.605. The van der Waals surface area contributed by atoms with Gasteiger partial charge in [-0.25, -0.2) is 0 Å². The average Bonchev–Trinajstić information content (AvgIpc) is 2.40. The minimum absolute atomic E-state index is 0.149. The molecule has 0 aliphatic carbocycles. The van der Waals surface area contributed by atoms with Crippen LogP contribution in [0.4, 0.5) is 5.69 Å². The number of likely N-dealkylation sites (N-methyl/N-ethyl adjacent to an activating group) is 1. The van der Waals surface area contributed by atoms with E-state index < -0.39 is 6.04 Å². The van der Waals surface area contributed by atoms with Crippen molar-refractivity contribution in [2.75, 3.05) is 32.3 Å². The second kappa shape index (κ2) is 6.98. The van der Waals surface area contributed by atoms with Crippen LogP contribution in [0, 0.1) is 0 Å². The third kappa shape index (κ3) is 3.45. The average molecular weight is 252 g/mol. The first-order valence-corrected chi connectivity index (χ1v) is 5.84. The molecule has 0 spiro atoms. The number of hydrogen-bond acceptors (Lipinski definition) is 4. The fourth-order valence-electron chi connectivity index (χ4n) is 1.68. The summed E-state index contributed by atoms with van der Waals surface area (Å²) < 4.78 is 9.98. The van der Waals surface area contributed by atoms with Gasteiger partial charge in [-0.05, 0) is 31.2 Å². The predicted molar refractivity (Wildman–Crippen MR) is 70.9 cm³/mol. The third-order valence-electron chi connectivity index (χ3n) is 2.63. The van der Waals surface area contributed by atoms with Crippen molar-refractivity contribution in [2.45, 2.75) is 13.0 Å². The lowest BCUT2D eigenvalue weighted by Gasteiger charge is -2.24. The summed E-state index contributed by atoms with van der Waals surface area (Å²) in [5, 5.41) is 0. The van der Waals surface area contributed by atoms with Gasteiger partial charge in [-0.15, -0.1) is 0 Å². The van der Waals surface area contributed by atoms with E-state index in [9.17, 15) is 4.79 Å². The maximum Gasteiger partial charge on any atom is 0.246 e. The zero-order chi connectivity index (χ0) is 13.5. The Bertz CT molecular complexity index is 378. The van der Waals surface area contributed by atoms with Gasteiger partial charge in [-0.1, -0.05) is 0 Å². The summed E-state index contributed by atoms with van der Waals surface area (Å²) in [6, 6.07) is 6.65. The van der Waals surface area contributed by atoms with Crippen molar-refractivity contribution in [2.24, 2.45) is 5.73 Å². The van der Waals surface area contributed by atoms with E-state index in [1.54, 1.807) is 12.0 Å². The largest absolute Gasteiger partial charge is 0.497 e. The molecule has 1 amide bonds. The predicted octanol–water partition coefficient (Wildman–Crippen LogP) is 1.02. The molecule has 5 heteroatoms. The molecule has 0 fully saturated rings. The molecule has 100 valence electrons. The maximum atomic E-state index is 12.1. The zero-order valence-corrected chi connectivity index (χ0v) is 11.1. The maximum absolute atomic E-state index is 12.1. The van der Waals surface area contributed by atoms with Gasteiger partial charge in [0.25, 0.3) is 0 Å². The molecule has 2 N–H and O–H groups in total. The molecule has 0 saturated carbocycles. The van der Waals surface area contributed by atoms with Crippen LogP contribution >= 0.6 is 0 Å². The Morgan fingerprint density at radius 2 is 1.94 bits per heavy atom. The summed E-state index contributed by atoms with van der Waals surface area (Å²) in [7, 11) is 3.13. The van der Waals surface area contributed by atoms with E-state index in [0.717, 1.165) is 11.4 Å². The van der Waals surface area contributed by atoms with E-state index in [2.05, 4.69) is 0 Å². The van der Waals surface area contributed by atoms with Crippen LogP contribution in [0.2, 0.25) is 0 Å². The number of nitrogens with zero attached hydrogens (tertiary/aromatic N) is 1. The second-order valence-corrected chi connectivity index (χ2v) is 3.84. The number of nitrogens with two attached hydrogens (primary N) is 1. The summed E-state index contributed by atoms with van der Waals surface area (Å²) >= 11 is 0. The minimum Gasteiger partial charge on any atom is -0.497 e. The molecule has 1 rings (SSSR count). The van der Waals surface area contributed by atoms with E-state index in [1.807, 2.05) is 31.2 Å². The Labute approximate surface area is 107 Å². The third-order valence-corrected chi connectivity index (χ3v) is 2.63. The molecule has 1 aromatic rings. The molecule has 5 nitrogen and oxygen atoms in total. The van der Waals surface area contributed by atoms with E-state index in [-0.39, 0.29) is 12.5 Å². The van der Waals surface area contributed by atoms with Crippen molar-refractivity contribution in [3.8, 4) is 5.75 Å². The molecule has 0 bridgehead atoms. The van der Waals surface area contributed by atoms with Crippen molar-refractivity contribution in [1.29, 1.82) is 0 Å². The number of hydrogen-bond donors (Lipinski definition) is 1. The second-order valence-electron chi connectivity index (χ2n) is 3.84. The van der Waals surface area contributed by atoms with Crippen molar-refractivity contribution in [1.82, 2.24) is 0 Å². The highest BCUT2D eigenvalue weighted by Crippen LogP contribution is 2.19. The number of methoxy groups -OCH3 is 2. The van der Waals surface area contributed by atoms with E-state index >= 15 is 0 Å². The van der Waals surface area contributed by atoms with Crippen molar-refractivity contribution >= 4 is 11.6 Å². The first-order chi connectivity index (χ1) is 8.63. The van der Waals surface area contributed by atoms with E-state index in [0.29, 0.717) is 6.54 Å². The summed E-state index contributed by atoms with van der Waals surface area (Å²) in [4.78, 5) is 13.7. The fourth-order valence-corrected chi connectivity index (χ4v) is 1.68. The van der Waals surface area contributed by atoms with Gasteiger partial charge >= 0.3 is 0 Å². The van der Waals surface area contributed by atoms with Gasteiger partial charge in [-0.3, -0.25) is 4.79 Å². The van der Waals surface area contributed by atoms with Crippen LogP contribution in [0.3, 0.4) is 0 Å². The molecular formula is C13H20N2O3. The number of benzene rings is 1. The molecule has 0 heterocycles.